The summed E-state index contributed by atoms with van der Waals surface area (Å²) in [7, 11) is -3.28. The summed E-state index contributed by atoms with van der Waals surface area (Å²) in [6, 6.07) is 0. The number of hydrogen-bond acceptors (Lipinski definition) is 11. The second kappa shape index (κ2) is 18.4. The van der Waals surface area contributed by atoms with E-state index in [9.17, 15) is 18.9 Å². The smallest absolute Gasteiger partial charge is 0.462 e. The second-order valence-electron chi connectivity index (χ2n) is 12.2. The highest BCUT2D eigenvalue weighted by Gasteiger charge is 2.39. The summed E-state index contributed by atoms with van der Waals surface area (Å²) >= 11 is 0. The summed E-state index contributed by atoms with van der Waals surface area (Å²) < 4.78 is 56.6. The van der Waals surface area contributed by atoms with Crippen LogP contribution < -0.4 is 5.73 Å². The monoisotopic (exact) mass is 649 g/mol. The van der Waals surface area contributed by atoms with Crippen LogP contribution in [0, 0.1) is 11.8 Å². The zero-order valence-corrected chi connectivity index (χ0v) is 28.1. The fourth-order valence-electron chi connectivity index (χ4n) is 4.55. The molecule has 2 rings (SSSR count). The largest absolute Gasteiger partial charge is 0.510 e. The van der Waals surface area contributed by atoms with E-state index in [-0.39, 0.29) is 24.9 Å². The van der Waals surface area contributed by atoms with Gasteiger partial charge in [-0.3, -0.25) is 4.79 Å². The SMILES string of the molecule is CC(C)OC(=O)CN(C)/C(N)=N/P(=O)(OC(OC(=O)OC1CCCCC1)C(C)C)OC(OC(=O)OC1CCCCC1)C(C)C. The minimum Gasteiger partial charge on any atom is -0.462 e. The molecule has 14 nitrogen and oxygen atoms in total. The number of carbonyl (C=O) groups is 3. The third kappa shape index (κ3) is 14.0. The Balaban J connectivity index is 2.27. The maximum atomic E-state index is 14.2. The molecule has 0 aliphatic heterocycles. The molecule has 2 atom stereocenters. The zero-order chi connectivity index (χ0) is 32.9. The van der Waals surface area contributed by atoms with E-state index in [1.54, 1.807) is 41.5 Å². The standard InChI is InChI=1S/C29H52N3O11P/c1-19(2)25(40-28(34)38-22-14-10-8-11-15-22)42-44(36,31-27(30)32(7)18-24(33)37-21(5)6)43-26(20(3)4)41-29(35)39-23-16-12-9-13-17-23/h19-23,25-26H,8-18H2,1-7H3,(H2,30,31,36). The van der Waals surface area contributed by atoms with Crippen LogP contribution in [-0.2, 0) is 42.1 Å². The van der Waals surface area contributed by atoms with Crippen molar-refractivity contribution in [2.75, 3.05) is 13.6 Å². The van der Waals surface area contributed by atoms with Gasteiger partial charge < -0.3 is 34.3 Å². The van der Waals surface area contributed by atoms with Gasteiger partial charge in [0.25, 0.3) is 0 Å². The van der Waals surface area contributed by atoms with E-state index in [0.717, 1.165) is 64.2 Å². The van der Waals surface area contributed by atoms with Crippen molar-refractivity contribution in [3.63, 3.8) is 0 Å². The van der Waals surface area contributed by atoms with E-state index in [0.29, 0.717) is 0 Å². The lowest BCUT2D eigenvalue weighted by Gasteiger charge is -2.30. The Kier molecular flexibility index (Phi) is 15.7. The van der Waals surface area contributed by atoms with Crippen molar-refractivity contribution in [2.24, 2.45) is 22.3 Å². The maximum absolute atomic E-state index is 14.2. The van der Waals surface area contributed by atoms with Crippen LogP contribution in [-0.4, -0.2) is 73.6 Å². The molecule has 44 heavy (non-hydrogen) atoms. The molecule has 15 heteroatoms. The molecule has 2 saturated carbocycles. The van der Waals surface area contributed by atoms with Crippen molar-refractivity contribution in [1.82, 2.24) is 4.90 Å². The molecule has 2 N–H and O–H groups in total. The molecule has 2 fully saturated rings. The van der Waals surface area contributed by atoms with Crippen molar-refractivity contribution in [3.8, 4) is 0 Å². The Labute approximate surface area is 261 Å². The highest BCUT2D eigenvalue weighted by atomic mass is 31.2. The molecular weight excluding hydrogens is 597 g/mol. The Morgan fingerprint density at radius 2 is 1.16 bits per heavy atom. The summed E-state index contributed by atoms with van der Waals surface area (Å²) in [5.41, 5.74) is 6.11. The van der Waals surface area contributed by atoms with Gasteiger partial charge in [0.1, 0.15) is 18.8 Å². The van der Waals surface area contributed by atoms with E-state index in [4.69, 9.17) is 38.5 Å². The van der Waals surface area contributed by atoms with Gasteiger partial charge >= 0.3 is 26.0 Å². The lowest BCUT2D eigenvalue weighted by Crippen LogP contribution is -2.39. The Hall–Kier alpha value is -2.57. The molecule has 2 aliphatic rings. The number of nitrogens with zero attached hydrogens (tertiary/aromatic N) is 2. The molecule has 0 heterocycles. The molecule has 0 bridgehead atoms. The van der Waals surface area contributed by atoms with Crippen LogP contribution in [0.3, 0.4) is 0 Å². The molecule has 0 amide bonds. The van der Waals surface area contributed by atoms with Crippen molar-refractivity contribution < 1.29 is 51.7 Å². The van der Waals surface area contributed by atoms with E-state index < -0.39 is 56.4 Å². The van der Waals surface area contributed by atoms with Gasteiger partial charge in [0, 0.05) is 18.9 Å². The van der Waals surface area contributed by atoms with Gasteiger partial charge in [0.15, 0.2) is 0 Å². The van der Waals surface area contributed by atoms with Gasteiger partial charge in [-0.05, 0) is 65.2 Å². The molecule has 0 aromatic rings. The van der Waals surface area contributed by atoms with E-state index in [2.05, 4.69) is 4.76 Å². The Morgan fingerprint density at radius 3 is 1.52 bits per heavy atom. The number of hydrogen-bond donors (Lipinski definition) is 1. The van der Waals surface area contributed by atoms with Crippen molar-refractivity contribution >= 4 is 32.0 Å². The first-order chi connectivity index (χ1) is 20.7. The summed E-state index contributed by atoms with van der Waals surface area (Å²) in [5.74, 6) is -2.06. The minimum atomic E-state index is -4.71. The van der Waals surface area contributed by atoms with Crippen LogP contribution >= 0.6 is 7.75 Å². The van der Waals surface area contributed by atoms with E-state index >= 15 is 0 Å². The molecule has 0 saturated heterocycles. The number of likely N-dealkylation sites (N-methyl/N-ethyl adjacent to an activating group) is 1. The predicted octanol–water partition coefficient (Wildman–Crippen LogP) is 6.26. The number of carbonyl (C=O) groups excluding carboxylic acids is 3. The number of guanidine groups is 1. The van der Waals surface area contributed by atoms with Gasteiger partial charge in [-0.25, -0.2) is 23.2 Å². The fraction of sp³-hybridized carbons (Fsp3) is 0.862. The minimum absolute atomic E-state index is 0.283. The molecular formula is C29H52N3O11P. The number of ether oxygens (including phenoxy) is 5. The summed E-state index contributed by atoms with van der Waals surface area (Å²) in [5, 5.41) is 0. The second-order valence-corrected chi connectivity index (χ2v) is 13.8. The number of rotatable bonds is 14. The molecule has 0 radical (unpaired) electrons. The van der Waals surface area contributed by atoms with E-state index in [1.165, 1.54) is 11.9 Å². The zero-order valence-electron chi connectivity index (χ0n) is 27.2. The molecule has 0 aromatic carbocycles. The van der Waals surface area contributed by atoms with Gasteiger partial charge in [-0.1, -0.05) is 40.5 Å². The van der Waals surface area contributed by atoms with Gasteiger partial charge in [0.2, 0.25) is 18.5 Å². The maximum Gasteiger partial charge on any atom is 0.510 e. The van der Waals surface area contributed by atoms with Crippen LogP contribution in [0.2, 0.25) is 0 Å². The van der Waals surface area contributed by atoms with E-state index in [1.807, 2.05) is 0 Å². The highest BCUT2D eigenvalue weighted by Crippen LogP contribution is 2.54. The van der Waals surface area contributed by atoms with Crippen LogP contribution in [0.15, 0.2) is 4.76 Å². The molecule has 0 aromatic heterocycles. The van der Waals surface area contributed by atoms with Crippen molar-refractivity contribution in [2.45, 2.75) is 137 Å². The van der Waals surface area contributed by atoms with Crippen LogP contribution in [0.5, 0.6) is 0 Å². The van der Waals surface area contributed by atoms with Gasteiger partial charge in [0.05, 0.1) is 6.10 Å². The van der Waals surface area contributed by atoms with Crippen LogP contribution in [0.4, 0.5) is 9.59 Å². The van der Waals surface area contributed by atoms with Crippen LogP contribution in [0.25, 0.3) is 0 Å². The average Bonchev–Trinajstić information content (AvgIpc) is 2.92. The number of nitrogens with two attached hydrogens (primary N) is 1. The fourth-order valence-corrected chi connectivity index (χ4v) is 6.20. The quantitative estimate of drug-likeness (QED) is 0.0558. The first kappa shape index (κ1) is 37.6. The lowest BCUT2D eigenvalue weighted by molar-refractivity contribution is -0.147. The van der Waals surface area contributed by atoms with Gasteiger partial charge in [-0.2, -0.15) is 0 Å². The predicted molar refractivity (Wildman–Crippen MR) is 161 cm³/mol. The molecule has 0 spiro atoms. The Bertz CT molecular complexity index is 943. The van der Waals surface area contributed by atoms with Crippen molar-refractivity contribution in [1.29, 1.82) is 0 Å². The molecule has 2 unspecified atom stereocenters. The topological polar surface area (TPSA) is 175 Å². The van der Waals surface area contributed by atoms with Gasteiger partial charge in [-0.15, -0.1) is 4.76 Å². The van der Waals surface area contributed by atoms with Crippen molar-refractivity contribution in [3.05, 3.63) is 0 Å². The van der Waals surface area contributed by atoms with Crippen LogP contribution in [0.1, 0.15) is 106 Å². The number of esters is 1. The summed E-state index contributed by atoms with van der Waals surface area (Å²) in [6.45, 7) is 9.75. The third-order valence-corrected chi connectivity index (χ3v) is 8.37. The first-order valence-electron chi connectivity index (χ1n) is 15.6. The lowest BCUT2D eigenvalue weighted by atomic mass is 9.98. The first-order valence-corrected chi connectivity index (χ1v) is 17.1. The Morgan fingerprint density at radius 1 is 0.750 bits per heavy atom. The molecule has 254 valence electrons. The highest BCUT2D eigenvalue weighted by molar-refractivity contribution is 7.52. The normalized spacial score (nSPS) is 19.6. The summed E-state index contributed by atoms with van der Waals surface area (Å²) in [4.78, 5) is 38.7. The third-order valence-electron chi connectivity index (χ3n) is 6.97. The average molecular weight is 650 g/mol. The summed E-state index contributed by atoms with van der Waals surface area (Å²) in [6.07, 6.45) is 3.03. The molecule has 2 aliphatic carbocycles.